The van der Waals surface area contributed by atoms with Gasteiger partial charge < -0.3 is 5.73 Å². The molecule has 0 aromatic heterocycles. The van der Waals surface area contributed by atoms with Crippen LogP contribution in [-0.4, -0.2) is 6.18 Å². The minimum Gasteiger partial charge on any atom is -0.404 e. The molecule has 9 heavy (non-hydrogen) atoms. The standard InChI is InChI=1S/C5H6F3N/c1-2-4(3-9)5(6,7)8/h2-3H,1,9H2. The molecule has 0 aromatic carbocycles. The smallest absolute Gasteiger partial charge is 0.404 e. The third-order valence-electron chi connectivity index (χ3n) is 0.727. The largest absolute Gasteiger partial charge is 0.417 e. The van der Waals surface area contributed by atoms with Crippen LogP contribution in [0.2, 0.25) is 0 Å². The molecule has 0 atom stereocenters. The minimum atomic E-state index is -4.36. The maximum Gasteiger partial charge on any atom is 0.417 e. The van der Waals surface area contributed by atoms with Gasteiger partial charge in [-0.25, -0.2) is 0 Å². The number of hydrogen-bond acceptors (Lipinski definition) is 1. The summed E-state index contributed by atoms with van der Waals surface area (Å²) < 4.78 is 34.5. The highest BCUT2D eigenvalue weighted by Crippen LogP contribution is 2.24. The van der Waals surface area contributed by atoms with Gasteiger partial charge >= 0.3 is 6.18 Å². The topological polar surface area (TPSA) is 26.0 Å². The van der Waals surface area contributed by atoms with Crippen LogP contribution in [-0.2, 0) is 0 Å². The van der Waals surface area contributed by atoms with Gasteiger partial charge in [-0.15, -0.1) is 0 Å². The molecular weight excluding hydrogens is 131 g/mol. The quantitative estimate of drug-likeness (QED) is 0.545. The van der Waals surface area contributed by atoms with Crippen molar-refractivity contribution in [2.24, 2.45) is 5.73 Å². The van der Waals surface area contributed by atoms with Crippen molar-refractivity contribution >= 4 is 0 Å². The van der Waals surface area contributed by atoms with Gasteiger partial charge in [0, 0.05) is 6.20 Å². The summed E-state index contributed by atoms with van der Waals surface area (Å²) in [6, 6.07) is 0. The number of hydrogen-bond donors (Lipinski definition) is 1. The van der Waals surface area contributed by atoms with Crippen LogP contribution < -0.4 is 5.73 Å². The molecule has 0 heterocycles. The lowest BCUT2D eigenvalue weighted by Crippen LogP contribution is -2.11. The van der Waals surface area contributed by atoms with Crippen molar-refractivity contribution in [1.29, 1.82) is 0 Å². The van der Waals surface area contributed by atoms with Crippen molar-refractivity contribution in [2.45, 2.75) is 6.18 Å². The number of nitrogens with two attached hydrogens (primary N) is 1. The van der Waals surface area contributed by atoms with Gasteiger partial charge in [0.05, 0.1) is 5.57 Å². The molecule has 0 unspecified atom stereocenters. The fourth-order valence-electron chi connectivity index (χ4n) is 0.278. The normalized spacial score (nSPS) is 13.4. The Hall–Kier alpha value is -0.930. The molecule has 2 N–H and O–H groups in total. The summed E-state index contributed by atoms with van der Waals surface area (Å²) in [5, 5.41) is 0. The van der Waals surface area contributed by atoms with Crippen LogP contribution in [0, 0.1) is 0 Å². The highest BCUT2D eigenvalue weighted by atomic mass is 19.4. The second kappa shape index (κ2) is 2.57. The zero-order chi connectivity index (χ0) is 7.49. The Labute approximate surface area is 50.7 Å². The fraction of sp³-hybridized carbons (Fsp3) is 0.200. The molecule has 0 aliphatic rings. The average Bonchev–Trinajstić information content (AvgIpc) is 1.65. The second-order valence-electron chi connectivity index (χ2n) is 1.32. The number of alkyl halides is 3. The Bertz CT molecular complexity index is 134. The highest BCUT2D eigenvalue weighted by Gasteiger charge is 2.30. The van der Waals surface area contributed by atoms with Crippen molar-refractivity contribution in [1.82, 2.24) is 0 Å². The molecule has 4 heteroatoms. The van der Waals surface area contributed by atoms with E-state index in [1.807, 2.05) is 0 Å². The predicted octanol–water partition coefficient (Wildman–Crippen LogP) is 1.58. The lowest BCUT2D eigenvalue weighted by atomic mass is 10.3. The molecule has 0 rings (SSSR count). The number of allylic oxidation sites excluding steroid dienone is 2. The molecule has 0 aliphatic carbocycles. The Morgan fingerprint density at radius 1 is 1.44 bits per heavy atom. The Balaban J connectivity index is 4.32. The number of halogens is 3. The molecule has 0 spiro atoms. The highest BCUT2D eigenvalue weighted by molar-refractivity contribution is 5.19. The van der Waals surface area contributed by atoms with Gasteiger partial charge in [0.25, 0.3) is 0 Å². The second-order valence-corrected chi connectivity index (χ2v) is 1.32. The van der Waals surface area contributed by atoms with E-state index in [0.717, 1.165) is 0 Å². The predicted molar refractivity (Wildman–Crippen MR) is 28.5 cm³/mol. The van der Waals surface area contributed by atoms with Gasteiger partial charge in [0.1, 0.15) is 0 Å². The van der Waals surface area contributed by atoms with E-state index in [1.54, 1.807) is 0 Å². The molecule has 0 aliphatic heterocycles. The molecule has 52 valence electrons. The number of rotatable bonds is 1. The molecule has 1 nitrogen and oxygen atoms in total. The van der Waals surface area contributed by atoms with Gasteiger partial charge in [-0.05, 0) is 0 Å². The first kappa shape index (κ1) is 8.07. The third kappa shape index (κ3) is 2.21. The summed E-state index contributed by atoms with van der Waals surface area (Å²) in [6.45, 7) is 2.93. The van der Waals surface area contributed by atoms with Gasteiger partial charge in [-0.1, -0.05) is 12.7 Å². The summed E-state index contributed by atoms with van der Waals surface area (Å²) in [5.74, 6) is 0. The van der Waals surface area contributed by atoms with E-state index < -0.39 is 11.7 Å². The minimum absolute atomic E-state index is 0.479. The summed E-state index contributed by atoms with van der Waals surface area (Å²) in [6.07, 6.45) is -3.22. The monoisotopic (exact) mass is 137 g/mol. The average molecular weight is 137 g/mol. The zero-order valence-corrected chi connectivity index (χ0v) is 4.57. The van der Waals surface area contributed by atoms with Gasteiger partial charge in [0.15, 0.2) is 0 Å². The molecule has 0 saturated heterocycles. The Morgan fingerprint density at radius 3 is 1.89 bits per heavy atom. The van der Waals surface area contributed by atoms with Gasteiger partial charge in [-0.2, -0.15) is 13.2 Å². The van der Waals surface area contributed by atoms with E-state index in [0.29, 0.717) is 12.3 Å². The van der Waals surface area contributed by atoms with Crippen molar-refractivity contribution in [3.05, 3.63) is 24.4 Å². The zero-order valence-electron chi connectivity index (χ0n) is 4.57. The van der Waals surface area contributed by atoms with E-state index in [1.165, 1.54) is 0 Å². The maximum absolute atomic E-state index is 11.5. The van der Waals surface area contributed by atoms with Crippen molar-refractivity contribution in [2.75, 3.05) is 0 Å². The molecular formula is C5H6F3N. The molecule has 0 bridgehead atoms. The van der Waals surface area contributed by atoms with E-state index >= 15 is 0 Å². The lowest BCUT2D eigenvalue weighted by molar-refractivity contribution is -0.0883. The first-order chi connectivity index (χ1) is 4.02. The maximum atomic E-state index is 11.5. The van der Waals surface area contributed by atoms with Crippen LogP contribution in [0.25, 0.3) is 0 Å². The SMILES string of the molecule is C=CC(=CN)C(F)(F)F. The lowest BCUT2D eigenvalue weighted by Gasteiger charge is -2.03. The van der Waals surface area contributed by atoms with Crippen LogP contribution in [0.3, 0.4) is 0 Å². The van der Waals surface area contributed by atoms with Crippen LogP contribution in [0.5, 0.6) is 0 Å². The molecule has 0 aromatic rings. The van der Waals surface area contributed by atoms with Gasteiger partial charge in [-0.3, -0.25) is 0 Å². The van der Waals surface area contributed by atoms with E-state index in [-0.39, 0.29) is 0 Å². The van der Waals surface area contributed by atoms with E-state index in [9.17, 15) is 13.2 Å². The van der Waals surface area contributed by atoms with E-state index in [4.69, 9.17) is 0 Å². The molecule has 0 radical (unpaired) electrons. The molecule has 0 amide bonds. The van der Waals surface area contributed by atoms with Gasteiger partial charge in [0.2, 0.25) is 0 Å². The first-order valence-corrected chi connectivity index (χ1v) is 2.14. The van der Waals surface area contributed by atoms with Crippen LogP contribution in [0.1, 0.15) is 0 Å². The Kier molecular flexibility index (Phi) is 2.30. The molecule has 0 saturated carbocycles. The first-order valence-electron chi connectivity index (χ1n) is 2.14. The summed E-state index contributed by atoms with van der Waals surface area (Å²) in [5.41, 5.74) is 3.70. The van der Waals surface area contributed by atoms with Crippen molar-refractivity contribution in [3.63, 3.8) is 0 Å². The van der Waals surface area contributed by atoms with Crippen molar-refractivity contribution < 1.29 is 13.2 Å². The van der Waals surface area contributed by atoms with Crippen LogP contribution in [0.4, 0.5) is 13.2 Å². The summed E-state index contributed by atoms with van der Waals surface area (Å²) in [4.78, 5) is 0. The summed E-state index contributed by atoms with van der Waals surface area (Å²) in [7, 11) is 0. The van der Waals surface area contributed by atoms with Crippen molar-refractivity contribution in [3.8, 4) is 0 Å². The molecule has 0 fully saturated rings. The van der Waals surface area contributed by atoms with E-state index in [2.05, 4.69) is 12.3 Å². The Morgan fingerprint density at radius 2 is 1.89 bits per heavy atom. The summed E-state index contributed by atoms with van der Waals surface area (Å²) >= 11 is 0. The van der Waals surface area contributed by atoms with Crippen LogP contribution in [0.15, 0.2) is 24.4 Å². The van der Waals surface area contributed by atoms with Crippen LogP contribution >= 0.6 is 0 Å². The fourth-order valence-corrected chi connectivity index (χ4v) is 0.278. The third-order valence-corrected chi connectivity index (χ3v) is 0.727.